The Morgan fingerprint density at radius 2 is 1.23 bits per heavy atom. The van der Waals surface area contributed by atoms with Gasteiger partial charge in [-0.2, -0.15) is 0 Å². The molecule has 0 N–H and O–H groups in total. The van der Waals surface area contributed by atoms with Gasteiger partial charge in [0.15, 0.2) is 5.43 Å². The lowest BCUT2D eigenvalue weighted by Gasteiger charge is -2.49. The number of benzene rings is 6. The molecule has 1 aliphatic carbocycles. The van der Waals surface area contributed by atoms with Gasteiger partial charge in [0.25, 0.3) is 0 Å². The Morgan fingerprint density at radius 3 is 1.96 bits per heavy atom. The van der Waals surface area contributed by atoms with Gasteiger partial charge in [-0.1, -0.05) is 121 Å². The van der Waals surface area contributed by atoms with Crippen molar-refractivity contribution in [3.05, 3.63) is 197 Å². The van der Waals surface area contributed by atoms with Gasteiger partial charge in [0.2, 0.25) is 0 Å². The molecule has 2 heterocycles. The highest BCUT2D eigenvalue weighted by atomic mass is 32.1. The lowest BCUT2D eigenvalue weighted by molar-refractivity contribution is 0.445. The van der Waals surface area contributed by atoms with Crippen LogP contribution in [0.4, 0.5) is 17.1 Å². The molecule has 1 aromatic heterocycles. The summed E-state index contributed by atoms with van der Waals surface area (Å²) in [5.41, 5.74) is 9.45. The minimum absolute atomic E-state index is 0.102. The number of fused-ring (bicyclic) bond motifs is 4. The van der Waals surface area contributed by atoms with E-state index in [0.29, 0.717) is 0 Å². The maximum Gasteiger partial charge on any atom is 0.195 e. The number of hydrogen-bond acceptors (Lipinski definition) is 3. The standard InChI is InChI=1S/C44H31NOS/c46-43-35-17-7-12-22-41(35)47-42-29-31(25-28-36(42)43)30-23-26-34(27-24-30)45-39-20-10-8-18-37(39)44(32-13-3-1-4-14-32,33-15-5-2-6-16-33)38-19-9-11-21-40(38)45/h1-15,17-29,33H,16H2. The molecule has 0 saturated carbocycles. The summed E-state index contributed by atoms with van der Waals surface area (Å²) >= 11 is 1.68. The van der Waals surface area contributed by atoms with E-state index in [-0.39, 0.29) is 16.8 Å². The third kappa shape index (κ3) is 4.27. The van der Waals surface area contributed by atoms with Crippen molar-refractivity contribution < 1.29 is 0 Å². The normalized spacial score (nSPS) is 16.3. The van der Waals surface area contributed by atoms with Crippen molar-refractivity contribution in [1.29, 1.82) is 0 Å². The van der Waals surface area contributed by atoms with Gasteiger partial charge in [-0.05, 0) is 88.7 Å². The molecule has 3 heteroatoms. The highest BCUT2D eigenvalue weighted by Gasteiger charge is 2.49. The maximum atomic E-state index is 13.2. The second-order valence-electron chi connectivity index (χ2n) is 12.4. The molecule has 1 unspecified atom stereocenters. The third-order valence-corrected chi connectivity index (χ3v) is 11.1. The van der Waals surface area contributed by atoms with Gasteiger partial charge in [-0.15, -0.1) is 11.3 Å². The summed E-state index contributed by atoms with van der Waals surface area (Å²) in [6, 6.07) is 51.9. The first-order valence-corrected chi connectivity index (χ1v) is 17.0. The Hall–Kier alpha value is -5.51. The predicted molar refractivity (Wildman–Crippen MR) is 198 cm³/mol. The zero-order valence-corrected chi connectivity index (χ0v) is 26.5. The summed E-state index contributed by atoms with van der Waals surface area (Å²) in [6.07, 6.45) is 10.1. The molecular weight excluding hydrogens is 591 g/mol. The van der Waals surface area contributed by atoms with Crippen molar-refractivity contribution in [3.63, 3.8) is 0 Å². The summed E-state index contributed by atoms with van der Waals surface area (Å²) in [6.45, 7) is 0. The SMILES string of the molecule is O=c1c2ccccc2sc2cc(-c3ccc(N4c5ccccc5C(c5ccccc5)(C5C=CC=CC5)c5ccccc54)cc3)ccc12. The largest absolute Gasteiger partial charge is 0.310 e. The lowest BCUT2D eigenvalue weighted by Crippen LogP contribution is -2.42. The minimum atomic E-state index is -0.344. The number of anilines is 3. The Morgan fingerprint density at radius 1 is 0.596 bits per heavy atom. The van der Waals surface area contributed by atoms with Crippen LogP contribution in [0.1, 0.15) is 23.1 Å². The number of para-hydroxylation sites is 2. The maximum absolute atomic E-state index is 13.2. The van der Waals surface area contributed by atoms with Crippen LogP contribution in [0, 0.1) is 5.92 Å². The van der Waals surface area contributed by atoms with Crippen LogP contribution in [0.2, 0.25) is 0 Å². The molecule has 9 rings (SSSR count). The van der Waals surface area contributed by atoms with Crippen LogP contribution in [-0.2, 0) is 5.41 Å². The average Bonchev–Trinajstić information content (AvgIpc) is 3.14. The smallest absolute Gasteiger partial charge is 0.195 e. The van der Waals surface area contributed by atoms with Crippen LogP contribution in [0.25, 0.3) is 31.3 Å². The molecule has 6 aromatic carbocycles. The van der Waals surface area contributed by atoms with Crippen molar-refractivity contribution in [2.75, 3.05) is 4.90 Å². The average molecular weight is 622 g/mol. The summed E-state index contributed by atoms with van der Waals surface area (Å²) in [5.74, 6) is 0.266. The molecule has 2 nitrogen and oxygen atoms in total. The van der Waals surface area contributed by atoms with Gasteiger partial charge >= 0.3 is 0 Å². The third-order valence-electron chi connectivity index (χ3n) is 9.94. The fraction of sp³-hybridized carbons (Fsp3) is 0.0682. The van der Waals surface area contributed by atoms with E-state index in [4.69, 9.17) is 0 Å². The van der Waals surface area contributed by atoms with E-state index in [1.807, 2.05) is 30.3 Å². The molecule has 0 radical (unpaired) electrons. The van der Waals surface area contributed by atoms with Crippen LogP contribution >= 0.6 is 11.3 Å². The van der Waals surface area contributed by atoms with Crippen LogP contribution in [-0.4, -0.2) is 0 Å². The predicted octanol–water partition coefficient (Wildman–Crippen LogP) is 11.3. The van der Waals surface area contributed by atoms with Crippen LogP contribution in [0.5, 0.6) is 0 Å². The zero-order valence-electron chi connectivity index (χ0n) is 25.7. The van der Waals surface area contributed by atoms with Gasteiger partial charge in [-0.25, -0.2) is 0 Å². The van der Waals surface area contributed by atoms with E-state index >= 15 is 0 Å². The highest BCUT2D eigenvalue weighted by Crippen LogP contribution is 2.59. The van der Waals surface area contributed by atoms with Gasteiger partial charge in [0.05, 0.1) is 16.8 Å². The van der Waals surface area contributed by atoms with E-state index in [1.165, 1.54) is 28.1 Å². The first kappa shape index (κ1) is 27.8. The van der Waals surface area contributed by atoms with Crippen molar-refractivity contribution in [2.24, 2.45) is 5.92 Å². The van der Waals surface area contributed by atoms with Gasteiger partial charge in [0.1, 0.15) is 0 Å². The van der Waals surface area contributed by atoms with Crippen molar-refractivity contribution in [1.82, 2.24) is 0 Å². The first-order valence-electron chi connectivity index (χ1n) is 16.2. The quantitative estimate of drug-likeness (QED) is 0.182. The number of rotatable bonds is 4. The highest BCUT2D eigenvalue weighted by molar-refractivity contribution is 7.24. The van der Waals surface area contributed by atoms with E-state index in [1.54, 1.807) is 11.3 Å². The zero-order chi connectivity index (χ0) is 31.4. The van der Waals surface area contributed by atoms with Crippen LogP contribution < -0.4 is 10.3 Å². The van der Waals surface area contributed by atoms with E-state index in [9.17, 15) is 4.79 Å². The second-order valence-corrected chi connectivity index (χ2v) is 13.5. The molecule has 47 heavy (non-hydrogen) atoms. The van der Waals surface area contributed by atoms with Crippen LogP contribution in [0.3, 0.4) is 0 Å². The Labute approximate surface area is 278 Å². The molecule has 224 valence electrons. The monoisotopic (exact) mass is 621 g/mol. The summed E-state index contributed by atoms with van der Waals surface area (Å²) in [4.78, 5) is 15.6. The molecule has 1 aliphatic heterocycles. The molecule has 0 saturated heterocycles. The van der Waals surface area contributed by atoms with Gasteiger partial charge in [0, 0.05) is 25.9 Å². The van der Waals surface area contributed by atoms with Gasteiger partial charge in [-0.3, -0.25) is 4.79 Å². The summed E-state index contributed by atoms with van der Waals surface area (Å²) < 4.78 is 2.03. The van der Waals surface area contributed by atoms with Crippen LogP contribution in [0.15, 0.2) is 175 Å². The Kier molecular flexibility index (Phi) is 6.55. The van der Waals surface area contributed by atoms with Crippen molar-refractivity contribution >= 4 is 48.6 Å². The molecule has 0 bridgehead atoms. The summed E-state index contributed by atoms with van der Waals surface area (Å²) in [7, 11) is 0. The molecule has 2 aliphatic rings. The fourth-order valence-electron chi connectivity index (χ4n) is 7.87. The van der Waals surface area contributed by atoms with Crippen molar-refractivity contribution in [3.8, 4) is 11.1 Å². The number of nitrogens with zero attached hydrogens (tertiary/aromatic N) is 1. The van der Waals surface area contributed by atoms with Gasteiger partial charge < -0.3 is 4.90 Å². The molecule has 1 atom stereocenters. The molecule has 0 fully saturated rings. The summed E-state index contributed by atoms with van der Waals surface area (Å²) in [5, 5.41) is 1.57. The number of hydrogen-bond donors (Lipinski definition) is 0. The molecule has 7 aromatic rings. The van der Waals surface area contributed by atoms with E-state index < -0.39 is 0 Å². The minimum Gasteiger partial charge on any atom is -0.310 e. The number of allylic oxidation sites excluding steroid dienone is 4. The topological polar surface area (TPSA) is 20.3 Å². The van der Waals surface area contributed by atoms with Crippen molar-refractivity contribution in [2.45, 2.75) is 11.8 Å². The lowest BCUT2D eigenvalue weighted by atomic mass is 9.58. The fourth-order valence-corrected chi connectivity index (χ4v) is 8.98. The Balaban J connectivity index is 1.19. The van der Waals surface area contributed by atoms with E-state index in [2.05, 4.69) is 144 Å². The molecule has 0 spiro atoms. The second kappa shape index (κ2) is 11.1. The Bertz CT molecular complexity index is 2370. The molecular formula is C44H31NOS. The van der Waals surface area contributed by atoms with E-state index in [0.717, 1.165) is 43.4 Å². The first-order chi connectivity index (χ1) is 23.2. The molecule has 0 amide bonds.